The van der Waals surface area contributed by atoms with Crippen LogP contribution in [0.3, 0.4) is 0 Å². The molecular weight excluding hydrogens is 322 g/mol. The Hall–Kier alpha value is -2.75. The van der Waals surface area contributed by atoms with Gasteiger partial charge in [0.25, 0.3) is 5.91 Å². The molecule has 132 valence electrons. The number of pyridine rings is 2. The van der Waals surface area contributed by atoms with Gasteiger partial charge in [-0.25, -0.2) is 0 Å². The summed E-state index contributed by atoms with van der Waals surface area (Å²) in [5.74, 6) is 0.614. The molecule has 1 fully saturated rings. The molecule has 4 heteroatoms. The second-order valence-electron chi connectivity index (χ2n) is 7.04. The average Bonchev–Trinajstić information content (AvgIpc) is 2.72. The molecule has 0 spiro atoms. The number of hydrogen-bond donors (Lipinski definition) is 1. The molecule has 1 aromatic carbocycles. The Morgan fingerprint density at radius 3 is 2.58 bits per heavy atom. The van der Waals surface area contributed by atoms with Gasteiger partial charge >= 0.3 is 0 Å². The van der Waals surface area contributed by atoms with Crippen molar-refractivity contribution in [3.8, 4) is 11.1 Å². The molecule has 0 atom stereocenters. The summed E-state index contributed by atoms with van der Waals surface area (Å²) in [5.41, 5.74) is 3.68. The minimum atomic E-state index is -0.00477. The molecule has 0 saturated heterocycles. The topological polar surface area (TPSA) is 54.9 Å². The Bertz CT molecular complexity index is 902. The largest absolute Gasteiger partial charge is 0.352 e. The molecule has 4 rings (SSSR count). The maximum absolute atomic E-state index is 12.8. The van der Waals surface area contributed by atoms with Crippen LogP contribution in [0.25, 0.3) is 22.0 Å². The second-order valence-corrected chi connectivity index (χ2v) is 7.04. The lowest BCUT2D eigenvalue weighted by molar-refractivity contribution is 0.0945. The van der Waals surface area contributed by atoms with Gasteiger partial charge < -0.3 is 5.32 Å². The number of nitrogens with one attached hydrogen (secondary N) is 1. The van der Waals surface area contributed by atoms with Crippen LogP contribution in [-0.2, 0) is 0 Å². The molecule has 1 saturated carbocycles. The van der Waals surface area contributed by atoms with Crippen LogP contribution >= 0.6 is 0 Å². The van der Waals surface area contributed by atoms with Crippen LogP contribution in [0.15, 0.2) is 55.0 Å². The summed E-state index contributed by atoms with van der Waals surface area (Å²) in [4.78, 5) is 21.3. The predicted molar refractivity (Wildman–Crippen MR) is 104 cm³/mol. The fourth-order valence-electron chi connectivity index (χ4n) is 3.79. The number of fused-ring (bicyclic) bond motifs is 1. The van der Waals surface area contributed by atoms with Crippen molar-refractivity contribution in [1.82, 2.24) is 15.3 Å². The Morgan fingerprint density at radius 2 is 1.77 bits per heavy atom. The van der Waals surface area contributed by atoms with Crippen molar-refractivity contribution in [2.24, 2.45) is 5.92 Å². The van der Waals surface area contributed by atoms with E-state index in [1.54, 1.807) is 18.6 Å². The maximum atomic E-state index is 12.8. The van der Waals surface area contributed by atoms with Crippen LogP contribution in [0.1, 0.15) is 42.5 Å². The molecule has 2 aromatic heterocycles. The summed E-state index contributed by atoms with van der Waals surface area (Å²) in [6, 6.07) is 11.8. The van der Waals surface area contributed by atoms with Crippen LogP contribution in [0.4, 0.5) is 0 Å². The minimum Gasteiger partial charge on any atom is -0.352 e. The van der Waals surface area contributed by atoms with Gasteiger partial charge in [-0.3, -0.25) is 14.8 Å². The van der Waals surface area contributed by atoms with Crippen molar-refractivity contribution < 1.29 is 4.79 Å². The van der Waals surface area contributed by atoms with E-state index >= 15 is 0 Å². The lowest BCUT2D eigenvalue weighted by atomic mass is 9.89. The fraction of sp³-hybridized carbons (Fsp3) is 0.318. The van der Waals surface area contributed by atoms with Gasteiger partial charge in [0.1, 0.15) is 0 Å². The van der Waals surface area contributed by atoms with Gasteiger partial charge in [-0.05, 0) is 60.2 Å². The predicted octanol–water partition coefficient (Wildman–Crippen LogP) is 4.61. The zero-order chi connectivity index (χ0) is 17.8. The van der Waals surface area contributed by atoms with E-state index in [1.165, 1.54) is 32.1 Å². The smallest absolute Gasteiger partial charge is 0.252 e. The first-order chi connectivity index (χ1) is 12.8. The lowest BCUT2D eigenvalue weighted by Gasteiger charge is -2.21. The normalized spacial score (nSPS) is 15.1. The van der Waals surface area contributed by atoms with Gasteiger partial charge in [-0.15, -0.1) is 0 Å². The van der Waals surface area contributed by atoms with Gasteiger partial charge in [0.15, 0.2) is 0 Å². The molecule has 2 heterocycles. The van der Waals surface area contributed by atoms with E-state index in [-0.39, 0.29) is 5.91 Å². The maximum Gasteiger partial charge on any atom is 0.252 e. The van der Waals surface area contributed by atoms with E-state index in [1.807, 2.05) is 36.4 Å². The zero-order valence-corrected chi connectivity index (χ0v) is 14.8. The molecule has 1 aliphatic carbocycles. The van der Waals surface area contributed by atoms with E-state index in [4.69, 9.17) is 0 Å². The molecule has 1 aliphatic rings. The first-order valence-corrected chi connectivity index (χ1v) is 9.38. The summed E-state index contributed by atoms with van der Waals surface area (Å²) in [6.45, 7) is 0.771. The Morgan fingerprint density at radius 1 is 0.962 bits per heavy atom. The molecule has 4 nitrogen and oxygen atoms in total. The highest BCUT2D eigenvalue weighted by Gasteiger charge is 2.16. The van der Waals surface area contributed by atoms with Crippen LogP contribution in [0.2, 0.25) is 0 Å². The summed E-state index contributed by atoms with van der Waals surface area (Å²) in [7, 11) is 0. The van der Waals surface area contributed by atoms with Gasteiger partial charge in [0.2, 0.25) is 0 Å². The Labute approximate surface area is 153 Å². The van der Waals surface area contributed by atoms with Crippen LogP contribution in [-0.4, -0.2) is 22.4 Å². The molecule has 0 radical (unpaired) electrons. The summed E-state index contributed by atoms with van der Waals surface area (Å²) in [5, 5.41) is 4.03. The zero-order valence-electron chi connectivity index (χ0n) is 14.8. The van der Waals surface area contributed by atoms with E-state index in [0.717, 1.165) is 28.6 Å². The Balaban J connectivity index is 1.60. The molecule has 3 aromatic rings. The molecule has 1 amide bonds. The van der Waals surface area contributed by atoms with Gasteiger partial charge in [-0.1, -0.05) is 25.3 Å². The third kappa shape index (κ3) is 3.59. The number of aromatic nitrogens is 2. The summed E-state index contributed by atoms with van der Waals surface area (Å²) in [6.07, 6.45) is 11.6. The van der Waals surface area contributed by atoms with Gasteiger partial charge in [0, 0.05) is 30.5 Å². The van der Waals surface area contributed by atoms with E-state index in [0.29, 0.717) is 11.5 Å². The molecule has 0 aliphatic heterocycles. The second kappa shape index (κ2) is 7.65. The number of benzene rings is 1. The number of rotatable bonds is 4. The number of carbonyl (C=O) groups excluding carboxylic acids is 1. The average molecular weight is 345 g/mol. The van der Waals surface area contributed by atoms with Crippen LogP contribution in [0, 0.1) is 5.92 Å². The quantitative estimate of drug-likeness (QED) is 0.751. The van der Waals surface area contributed by atoms with Gasteiger partial charge in [0.05, 0.1) is 11.1 Å². The van der Waals surface area contributed by atoms with Crippen LogP contribution in [0.5, 0.6) is 0 Å². The third-order valence-corrected chi connectivity index (χ3v) is 5.28. The molecular formula is C22H23N3O. The number of hydrogen-bond acceptors (Lipinski definition) is 3. The monoisotopic (exact) mass is 345 g/mol. The van der Waals surface area contributed by atoms with E-state index in [2.05, 4.69) is 15.3 Å². The molecule has 26 heavy (non-hydrogen) atoms. The van der Waals surface area contributed by atoms with Crippen molar-refractivity contribution in [3.05, 3.63) is 60.6 Å². The highest BCUT2D eigenvalue weighted by Crippen LogP contribution is 2.26. The molecule has 0 unspecified atom stereocenters. The number of carbonyl (C=O) groups is 1. The molecule has 1 N–H and O–H groups in total. The fourth-order valence-corrected chi connectivity index (χ4v) is 3.79. The highest BCUT2D eigenvalue weighted by atomic mass is 16.1. The summed E-state index contributed by atoms with van der Waals surface area (Å²) < 4.78 is 0. The van der Waals surface area contributed by atoms with Crippen LogP contribution < -0.4 is 5.32 Å². The van der Waals surface area contributed by atoms with Crippen molar-refractivity contribution in [1.29, 1.82) is 0 Å². The van der Waals surface area contributed by atoms with Crippen molar-refractivity contribution in [3.63, 3.8) is 0 Å². The standard InChI is InChI=1S/C22H23N3O/c26-22(25-15-16-4-2-1-3-5-16)19-10-13-24-21-7-6-18(14-20(19)21)17-8-11-23-12-9-17/h6-14,16H,1-5,15H2,(H,25,26). The van der Waals surface area contributed by atoms with Crippen molar-refractivity contribution in [2.75, 3.05) is 6.54 Å². The first-order valence-electron chi connectivity index (χ1n) is 9.38. The SMILES string of the molecule is O=C(NCC1CCCCC1)c1ccnc2ccc(-c3ccncc3)cc12. The number of nitrogens with zero attached hydrogens (tertiary/aromatic N) is 2. The minimum absolute atomic E-state index is 0.00477. The van der Waals surface area contributed by atoms with E-state index < -0.39 is 0 Å². The lowest BCUT2D eigenvalue weighted by Crippen LogP contribution is -2.30. The highest BCUT2D eigenvalue weighted by molar-refractivity contribution is 6.06. The van der Waals surface area contributed by atoms with Crippen molar-refractivity contribution in [2.45, 2.75) is 32.1 Å². The van der Waals surface area contributed by atoms with E-state index in [9.17, 15) is 4.79 Å². The third-order valence-electron chi connectivity index (χ3n) is 5.28. The van der Waals surface area contributed by atoms with Gasteiger partial charge in [-0.2, -0.15) is 0 Å². The summed E-state index contributed by atoms with van der Waals surface area (Å²) >= 11 is 0. The Kier molecular flexibility index (Phi) is 4.91. The first kappa shape index (κ1) is 16.7. The number of amides is 1. The van der Waals surface area contributed by atoms with Crippen molar-refractivity contribution >= 4 is 16.8 Å². The molecule has 0 bridgehead atoms.